The van der Waals surface area contributed by atoms with Crippen LogP contribution in [0, 0.1) is 0 Å². The highest BCUT2D eigenvalue weighted by Crippen LogP contribution is 2.20. The number of benzene rings is 3. The van der Waals surface area contributed by atoms with Gasteiger partial charge in [0, 0.05) is 18.2 Å². The van der Waals surface area contributed by atoms with Crippen LogP contribution in [0.5, 0.6) is 0 Å². The molecule has 8 heteroatoms. The fourth-order valence-electron chi connectivity index (χ4n) is 3.09. The average Bonchev–Trinajstić information content (AvgIpc) is 3.30. The minimum Gasteiger partial charge on any atom is -0.380 e. The Labute approximate surface area is 184 Å². The summed E-state index contributed by atoms with van der Waals surface area (Å²) in [6.07, 6.45) is 0. The number of ether oxygens (including phenoxy) is 1. The minimum atomic E-state index is -0.624. The van der Waals surface area contributed by atoms with Crippen molar-refractivity contribution in [1.82, 2.24) is 25.6 Å². The van der Waals surface area contributed by atoms with Gasteiger partial charge in [0.2, 0.25) is 5.82 Å². The number of methoxy groups -OCH3 is 1. The first-order chi connectivity index (χ1) is 15.7. The topological polar surface area (TPSA) is 98.1 Å². The second kappa shape index (κ2) is 9.67. The van der Waals surface area contributed by atoms with Crippen molar-refractivity contribution in [2.75, 3.05) is 7.11 Å². The molecule has 32 heavy (non-hydrogen) atoms. The lowest BCUT2D eigenvalue weighted by molar-refractivity contribution is 0.0841. The maximum Gasteiger partial charge on any atom is 0.309 e. The smallest absolute Gasteiger partial charge is 0.309 e. The van der Waals surface area contributed by atoms with E-state index >= 15 is 0 Å². The number of nitrogens with zero attached hydrogens (tertiary/aromatic N) is 3. The van der Waals surface area contributed by atoms with Crippen LogP contribution in [-0.4, -0.2) is 33.7 Å². The van der Waals surface area contributed by atoms with Crippen molar-refractivity contribution in [3.05, 3.63) is 102 Å². The lowest BCUT2D eigenvalue weighted by Gasteiger charge is -2.06. The SMILES string of the molecule is COCc1ccc(C(=O)NNC(=O)c2nc(-c3ccccc3)n(-c3ccccc3)n2)cc1. The molecule has 8 nitrogen and oxygen atoms in total. The predicted molar refractivity (Wildman–Crippen MR) is 119 cm³/mol. The summed E-state index contributed by atoms with van der Waals surface area (Å²) in [6.45, 7) is 0.456. The zero-order valence-corrected chi connectivity index (χ0v) is 17.4. The van der Waals surface area contributed by atoms with E-state index in [1.807, 2.05) is 60.7 Å². The largest absolute Gasteiger partial charge is 0.380 e. The standard InChI is InChI=1S/C24H21N5O3/c1-32-16-17-12-14-19(15-13-17)23(30)26-27-24(31)21-25-22(18-8-4-2-5-9-18)29(28-21)20-10-6-3-7-11-20/h2-15H,16H2,1H3,(H,26,30)(H,27,31). The molecule has 3 aromatic carbocycles. The number of carbonyl (C=O) groups is 2. The summed E-state index contributed by atoms with van der Waals surface area (Å²) in [5.41, 5.74) is 7.69. The van der Waals surface area contributed by atoms with Crippen molar-refractivity contribution in [3.8, 4) is 17.1 Å². The molecule has 1 heterocycles. The second-order valence-electron chi connectivity index (χ2n) is 6.91. The lowest BCUT2D eigenvalue weighted by atomic mass is 10.1. The summed E-state index contributed by atoms with van der Waals surface area (Å²) in [4.78, 5) is 29.4. The Morgan fingerprint density at radius 3 is 2.12 bits per heavy atom. The molecule has 2 amide bonds. The van der Waals surface area contributed by atoms with Crippen LogP contribution >= 0.6 is 0 Å². The maximum absolute atomic E-state index is 12.7. The number of amides is 2. The van der Waals surface area contributed by atoms with Gasteiger partial charge in [0.25, 0.3) is 5.91 Å². The summed E-state index contributed by atoms with van der Waals surface area (Å²) < 4.78 is 6.66. The third-order valence-electron chi connectivity index (χ3n) is 4.66. The fraction of sp³-hybridized carbons (Fsp3) is 0.0833. The Kier molecular flexibility index (Phi) is 6.33. The third kappa shape index (κ3) is 4.71. The summed E-state index contributed by atoms with van der Waals surface area (Å²) in [7, 11) is 1.60. The van der Waals surface area contributed by atoms with Gasteiger partial charge in [-0.25, -0.2) is 9.67 Å². The molecule has 0 unspecified atom stereocenters. The van der Waals surface area contributed by atoms with Gasteiger partial charge in [-0.2, -0.15) is 0 Å². The first-order valence-corrected chi connectivity index (χ1v) is 9.92. The normalized spacial score (nSPS) is 10.5. The number of para-hydroxylation sites is 1. The Balaban J connectivity index is 1.52. The Hall–Kier alpha value is -4.30. The van der Waals surface area contributed by atoms with E-state index in [9.17, 15) is 9.59 Å². The molecular formula is C24H21N5O3. The van der Waals surface area contributed by atoms with E-state index in [2.05, 4.69) is 20.9 Å². The van der Waals surface area contributed by atoms with Crippen molar-refractivity contribution < 1.29 is 14.3 Å². The predicted octanol–water partition coefficient (Wildman–Crippen LogP) is 3.16. The summed E-state index contributed by atoms with van der Waals surface area (Å²) in [6, 6.07) is 25.7. The number of hydrogen-bond acceptors (Lipinski definition) is 5. The number of rotatable bonds is 6. The van der Waals surface area contributed by atoms with Crippen molar-refractivity contribution in [3.63, 3.8) is 0 Å². The highest BCUT2D eigenvalue weighted by Gasteiger charge is 2.19. The van der Waals surface area contributed by atoms with Gasteiger partial charge in [-0.05, 0) is 29.8 Å². The lowest BCUT2D eigenvalue weighted by Crippen LogP contribution is -2.42. The molecule has 4 rings (SSSR count). The van der Waals surface area contributed by atoms with Crippen LogP contribution in [0.4, 0.5) is 0 Å². The van der Waals surface area contributed by atoms with Crippen LogP contribution in [0.15, 0.2) is 84.9 Å². The molecule has 0 spiro atoms. The third-order valence-corrected chi connectivity index (χ3v) is 4.66. The number of hydrogen-bond donors (Lipinski definition) is 2. The van der Waals surface area contributed by atoms with Gasteiger partial charge in [-0.1, -0.05) is 60.7 Å². The molecule has 0 bridgehead atoms. The van der Waals surface area contributed by atoms with Crippen molar-refractivity contribution >= 4 is 11.8 Å². The molecule has 1 aromatic heterocycles. The average molecular weight is 427 g/mol. The number of hydrazine groups is 1. The molecule has 0 aliphatic rings. The van der Waals surface area contributed by atoms with E-state index in [0.29, 0.717) is 18.0 Å². The molecule has 0 fully saturated rings. The van der Waals surface area contributed by atoms with E-state index in [0.717, 1.165) is 16.8 Å². The Bertz CT molecular complexity index is 1150. The molecule has 2 N–H and O–H groups in total. The number of aromatic nitrogens is 3. The van der Waals surface area contributed by atoms with Crippen LogP contribution in [0.3, 0.4) is 0 Å². The maximum atomic E-state index is 12.7. The van der Waals surface area contributed by atoms with Crippen molar-refractivity contribution in [2.24, 2.45) is 0 Å². The monoisotopic (exact) mass is 427 g/mol. The Morgan fingerprint density at radius 2 is 1.47 bits per heavy atom. The van der Waals surface area contributed by atoms with Crippen LogP contribution in [-0.2, 0) is 11.3 Å². The van der Waals surface area contributed by atoms with Crippen LogP contribution < -0.4 is 10.9 Å². The van der Waals surface area contributed by atoms with Crippen LogP contribution in [0.25, 0.3) is 17.1 Å². The van der Waals surface area contributed by atoms with Gasteiger partial charge in [0.1, 0.15) is 0 Å². The summed E-state index contributed by atoms with van der Waals surface area (Å²) in [5, 5.41) is 4.37. The zero-order chi connectivity index (χ0) is 22.3. The van der Waals surface area contributed by atoms with Crippen LogP contribution in [0.1, 0.15) is 26.5 Å². The van der Waals surface area contributed by atoms with Gasteiger partial charge in [-0.15, -0.1) is 5.10 Å². The minimum absolute atomic E-state index is 0.0663. The van der Waals surface area contributed by atoms with E-state index in [-0.39, 0.29) is 5.82 Å². The van der Waals surface area contributed by atoms with Gasteiger partial charge in [-0.3, -0.25) is 20.4 Å². The van der Waals surface area contributed by atoms with Crippen molar-refractivity contribution in [2.45, 2.75) is 6.61 Å². The first kappa shape index (κ1) is 21.0. The summed E-state index contributed by atoms with van der Waals surface area (Å²) in [5.74, 6) is -0.625. The first-order valence-electron chi connectivity index (χ1n) is 9.92. The molecule has 0 saturated heterocycles. The molecule has 0 atom stereocenters. The van der Waals surface area contributed by atoms with E-state index in [1.54, 1.807) is 36.1 Å². The van der Waals surface area contributed by atoms with Gasteiger partial charge in [0.05, 0.1) is 12.3 Å². The van der Waals surface area contributed by atoms with E-state index < -0.39 is 11.8 Å². The summed E-state index contributed by atoms with van der Waals surface area (Å²) >= 11 is 0. The molecular weight excluding hydrogens is 406 g/mol. The molecule has 0 aliphatic carbocycles. The quantitative estimate of drug-likeness (QED) is 0.461. The second-order valence-corrected chi connectivity index (χ2v) is 6.91. The molecule has 160 valence electrons. The van der Waals surface area contributed by atoms with Gasteiger partial charge in [0.15, 0.2) is 5.82 Å². The van der Waals surface area contributed by atoms with Crippen molar-refractivity contribution in [1.29, 1.82) is 0 Å². The molecule has 4 aromatic rings. The van der Waals surface area contributed by atoms with Gasteiger partial charge < -0.3 is 4.74 Å². The van der Waals surface area contributed by atoms with Crippen LogP contribution in [0.2, 0.25) is 0 Å². The van der Waals surface area contributed by atoms with E-state index in [1.165, 1.54) is 0 Å². The fourth-order valence-corrected chi connectivity index (χ4v) is 3.09. The number of carbonyl (C=O) groups excluding carboxylic acids is 2. The highest BCUT2D eigenvalue weighted by atomic mass is 16.5. The van der Waals surface area contributed by atoms with Gasteiger partial charge >= 0.3 is 5.91 Å². The van der Waals surface area contributed by atoms with E-state index in [4.69, 9.17) is 4.74 Å². The molecule has 0 radical (unpaired) electrons. The molecule has 0 aliphatic heterocycles. The Morgan fingerprint density at radius 1 is 0.844 bits per heavy atom. The molecule has 0 saturated carbocycles. The zero-order valence-electron chi connectivity index (χ0n) is 17.4. The highest BCUT2D eigenvalue weighted by molar-refractivity contribution is 5.97. The number of nitrogens with one attached hydrogen (secondary N) is 2.